The van der Waals surface area contributed by atoms with E-state index in [-0.39, 0.29) is 0 Å². The van der Waals surface area contributed by atoms with Gasteiger partial charge in [0.15, 0.2) is 0 Å². The molecule has 1 atom stereocenters. The molecule has 0 spiro atoms. The zero-order valence-corrected chi connectivity index (χ0v) is 8.97. The van der Waals surface area contributed by atoms with Gasteiger partial charge in [0.25, 0.3) is 0 Å². The van der Waals surface area contributed by atoms with Crippen molar-refractivity contribution in [3.8, 4) is 0 Å². The highest BCUT2D eigenvalue weighted by Crippen LogP contribution is 2.12. The molecule has 1 aliphatic heterocycles. The fourth-order valence-corrected chi connectivity index (χ4v) is 1.89. The third-order valence-electron chi connectivity index (χ3n) is 2.82. The van der Waals surface area contributed by atoms with E-state index in [1.807, 2.05) is 0 Å². The highest BCUT2D eigenvalue weighted by molar-refractivity contribution is 5.57. The molecule has 0 unspecified atom stereocenters. The number of rotatable bonds is 0. The SMILES string of the molecule is C[C@@H]1CCCCCCCCCC=N1. The van der Waals surface area contributed by atoms with Gasteiger partial charge >= 0.3 is 0 Å². The predicted octanol–water partition coefficient (Wildman–Crippen LogP) is 3.97. The molecule has 0 saturated carbocycles. The zero-order valence-electron chi connectivity index (χ0n) is 8.97. The molecule has 0 amide bonds. The first-order valence-corrected chi connectivity index (χ1v) is 5.91. The van der Waals surface area contributed by atoms with Crippen molar-refractivity contribution < 1.29 is 0 Å². The van der Waals surface area contributed by atoms with Crippen LogP contribution in [0.25, 0.3) is 0 Å². The Morgan fingerprint density at radius 3 is 2.31 bits per heavy atom. The molecular formula is C12H23N. The minimum Gasteiger partial charge on any atom is -0.295 e. The summed E-state index contributed by atoms with van der Waals surface area (Å²) in [5, 5.41) is 0. The van der Waals surface area contributed by atoms with Gasteiger partial charge in [0.1, 0.15) is 0 Å². The van der Waals surface area contributed by atoms with Gasteiger partial charge in [0.2, 0.25) is 0 Å². The summed E-state index contributed by atoms with van der Waals surface area (Å²) in [7, 11) is 0. The summed E-state index contributed by atoms with van der Waals surface area (Å²) in [6, 6.07) is 0.569. The molecule has 1 heterocycles. The molecule has 1 heteroatoms. The van der Waals surface area contributed by atoms with E-state index >= 15 is 0 Å². The lowest BCUT2D eigenvalue weighted by Crippen LogP contribution is -1.99. The Kier molecular flexibility index (Phi) is 5.88. The molecule has 0 radical (unpaired) electrons. The van der Waals surface area contributed by atoms with Crippen molar-refractivity contribution in [3.63, 3.8) is 0 Å². The van der Waals surface area contributed by atoms with Crippen molar-refractivity contribution in [2.75, 3.05) is 0 Å². The number of aliphatic imine (C=N–C) groups is 1. The van der Waals surface area contributed by atoms with Crippen LogP contribution in [0, 0.1) is 0 Å². The Bertz CT molecular complexity index is 140. The first-order chi connectivity index (χ1) is 6.39. The van der Waals surface area contributed by atoms with E-state index in [0.717, 1.165) is 0 Å². The summed E-state index contributed by atoms with van der Waals surface area (Å²) in [6.07, 6.45) is 14.5. The quantitative estimate of drug-likeness (QED) is 0.536. The molecule has 1 nitrogen and oxygen atoms in total. The van der Waals surface area contributed by atoms with Crippen LogP contribution in [0.15, 0.2) is 4.99 Å². The third-order valence-corrected chi connectivity index (χ3v) is 2.82. The van der Waals surface area contributed by atoms with Crippen LogP contribution >= 0.6 is 0 Å². The minimum atomic E-state index is 0.569. The maximum absolute atomic E-state index is 4.53. The van der Waals surface area contributed by atoms with E-state index in [1.165, 1.54) is 57.8 Å². The fourth-order valence-electron chi connectivity index (χ4n) is 1.89. The largest absolute Gasteiger partial charge is 0.295 e. The molecule has 0 N–H and O–H groups in total. The van der Waals surface area contributed by atoms with Crippen molar-refractivity contribution in [1.82, 2.24) is 0 Å². The minimum absolute atomic E-state index is 0.569. The number of nitrogens with zero attached hydrogens (tertiary/aromatic N) is 1. The van der Waals surface area contributed by atoms with E-state index < -0.39 is 0 Å². The average molecular weight is 181 g/mol. The highest BCUT2D eigenvalue weighted by Gasteiger charge is 1.99. The van der Waals surface area contributed by atoms with Crippen LogP contribution < -0.4 is 0 Å². The van der Waals surface area contributed by atoms with Crippen LogP contribution in [-0.2, 0) is 0 Å². The summed E-state index contributed by atoms with van der Waals surface area (Å²) in [4.78, 5) is 4.53. The fraction of sp³-hybridized carbons (Fsp3) is 0.917. The molecular weight excluding hydrogens is 158 g/mol. The second kappa shape index (κ2) is 7.11. The lowest BCUT2D eigenvalue weighted by molar-refractivity contribution is 0.540. The zero-order chi connectivity index (χ0) is 9.36. The van der Waals surface area contributed by atoms with Gasteiger partial charge in [-0.05, 0) is 32.4 Å². The molecule has 0 saturated heterocycles. The van der Waals surface area contributed by atoms with E-state index in [0.29, 0.717) is 6.04 Å². The molecule has 0 aliphatic carbocycles. The van der Waals surface area contributed by atoms with E-state index in [9.17, 15) is 0 Å². The third kappa shape index (κ3) is 5.84. The summed E-state index contributed by atoms with van der Waals surface area (Å²) >= 11 is 0. The van der Waals surface area contributed by atoms with Gasteiger partial charge in [-0.3, -0.25) is 4.99 Å². The normalized spacial score (nSPS) is 27.6. The molecule has 13 heavy (non-hydrogen) atoms. The van der Waals surface area contributed by atoms with E-state index in [2.05, 4.69) is 18.1 Å². The van der Waals surface area contributed by atoms with Gasteiger partial charge in [0.05, 0.1) is 0 Å². The molecule has 1 rings (SSSR count). The van der Waals surface area contributed by atoms with Crippen LogP contribution in [0.1, 0.15) is 64.7 Å². The summed E-state index contributed by atoms with van der Waals surface area (Å²) in [6.45, 7) is 2.24. The van der Waals surface area contributed by atoms with Crippen molar-refractivity contribution >= 4 is 6.21 Å². The van der Waals surface area contributed by atoms with Crippen molar-refractivity contribution in [1.29, 1.82) is 0 Å². The molecule has 0 aromatic carbocycles. The number of hydrogen-bond acceptors (Lipinski definition) is 1. The Morgan fingerprint density at radius 1 is 0.923 bits per heavy atom. The monoisotopic (exact) mass is 181 g/mol. The standard InChI is InChI=1S/C12H23N/c1-12-10-8-6-4-2-3-5-7-9-11-13-12/h11-12H,2-10H2,1H3/t12-/m1/s1. The molecule has 76 valence electrons. The van der Waals surface area contributed by atoms with E-state index in [4.69, 9.17) is 0 Å². The van der Waals surface area contributed by atoms with Crippen molar-refractivity contribution in [2.45, 2.75) is 70.8 Å². The van der Waals surface area contributed by atoms with Crippen molar-refractivity contribution in [3.05, 3.63) is 0 Å². The van der Waals surface area contributed by atoms with Gasteiger partial charge < -0.3 is 0 Å². The Balaban J connectivity index is 2.22. The molecule has 0 aromatic heterocycles. The van der Waals surface area contributed by atoms with Crippen LogP contribution in [0.3, 0.4) is 0 Å². The lowest BCUT2D eigenvalue weighted by atomic mass is 10.0. The van der Waals surface area contributed by atoms with Gasteiger partial charge in [0, 0.05) is 6.04 Å². The first kappa shape index (κ1) is 10.7. The molecule has 0 bridgehead atoms. The Labute approximate surface area is 82.6 Å². The second-order valence-electron chi connectivity index (χ2n) is 4.23. The Morgan fingerprint density at radius 2 is 1.54 bits per heavy atom. The van der Waals surface area contributed by atoms with Crippen molar-refractivity contribution in [2.24, 2.45) is 4.99 Å². The molecule has 1 aliphatic rings. The predicted molar refractivity (Wildman–Crippen MR) is 59.5 cm³/mol. The van der Waals surface area contributed by atoms with Crippen LogP contribution in [0.2, 0.25) is 0 Å². The molecule has 0 fully saturated rings. The Hall–Kier alpha value is -0.330. The van der Waals surface area contributed by atoms with Crippen LogP contribution in [0.4, 0.5) is 0 Å². The van der Waals surface area contributed by atoms with Crippen LogP contribution in [-0.4, -0.2) is 12.3 Å². The van der Waals surface area contributed by atoms with Crippen LogP contribution in [0.5, 0.6) is 0 Å². The summed E-state index contributed by atoms with van der Waals surface area (Å²) in [5.41, 5.74) is 0. The van der Waals surface area contributed by atoms with Gasteiger partial charge in [-0.25, -0.2) is 0 Å². The summed E-state index contributed by atoms with van der Waals surface area (Å²) < 4.78 is 0. The van der Waals surface area contributed by atoms with Gasteiger partial charge in [-0.2, -0.15) is 0 Å². The molecule has 0 aromatic rings. The van der Waals surface area contributed by atoms with Gasteiger partial charge in [-0.15, -0.1) is 0 Å². The van der Waals surface area contributed by atoms with Gasteiger partial charge in [-0.1, -0.05) is 38.5 Å². The first-order valence-electron chi connectivity index (χ1n) is 5.91. The average Bonchev–Trinajstić information content (AvgIpc) is 2.11. The second-order valence-corrected chi connectivity index (χ2v) is 4.23. The topological polar surface area (TPSA) is 12.4 Å². The number of hydrogen-bond donors (Lipinski definition) is 0. The maximum atomic E-state index is 4.53. The smallest absolute Gasteiger partial charge is 0.0467 e. The lowest BCUT2D eigenvalue weighted by Gasteiger charge is -2.07. The summed E-state index contributed by atoms with van der Waals surface area (Å²) in [5.74, 6) is 0. The van der Waals surface area contributed by atoms with E-state index in [1.54, 1.807) is 0 Å². The highest BCUT2D eigenvalue weighted by atomic mass is 14.7. The maximum Gasteiger partial charge on any atom is 0.0467 e.